The molecule has 0 unspecified atom stereocenters. The van der Waals surface area contributed by atoms with Crippen molar-refractivity contribution in [3.05, 3.63) is 77.4 Å². The number of anilines is 2. The molecule has 0 aliphatic rings. The molecular formula is C29H23N5O10S2. The number of amides is 1. The van der Waals surface area contributed by atoms with Crippen molar-refractivity contribution in [3.63, 3.8) is 0 Å². The topological polar surface area (TPSA) is 253 Å². The summed E-state index contributed by atoms with van der Waals surface area (Å²) in [5.74, 6) is -4.08. The second kappa shape index (κ2) is 12.6. The van der Waals surface area contributed by atoms with E-state index in [4.69, 9.17) is 0 Å². The van der Waals surface area contributed by atoms with Gasteiger partial charge in [0.05, 0.1) is 43.5 Å². The number of carbonyl (C=O) groups excluding carboxylic acids is 1. The molecule has 0 spiro atoms. The lowest BCUT2D eigenvalue weighted by Crippen LogP contribution is -2.15. The van der Waals surface area contributed by atoms with Crippen LogP contribution in [0.2, 0.25) is 0 Å². The Morgan fingerprint density at radius 3 is 2.04 bits per heavy atom. The van der Waals surface area contributed by atoms with Gasteiger partial charge in [-0.25, -0.2) is 26.4 Å². The van der Waals surface area contributed by atoms with Gasteiger partial charge in [0.1, 0.15) is 17.5 Å². The van der Waals surface area contributed by atoms with E-state index in [0.29, 0.717) is 0 Å². The normalized spacial score (nSPS) is 11.7. The molecule has 0 bridgehead atoms. The molecule has 46 heavy (non-hydrogen) atoms. The molecule has 0 aromatic heterocycles. The van der Waals surface area contributed by atoms with E-state index < -0.39 is 59.5 Å². The van der Waals surface area contributed by atoms with Crippen molar-refractivity contribution in [2.45, 2.75) is 23.1 Å². The van der Waals surface area contributed by atoms with E-state index in [1.807, 2.05) is 6.07 Å². The summed E-state index contributed by atoms with van der Waals surface area (Å²) in [5.41, 5.74) is -1.85. The summed E-state index contributed by atoms with van der Waals surface area (Å²) in [6, 6.07) is 12.9. The quantitative estimate of drug-likeness (QED) is 0.114. The second-order valence-electron chi connectivity index (χ2n) is 9.65. The second-order valence-corrected chi connectivity index (χ2v) is 13.3. The number of aromatic carboxylic acids is 2. The highest BCUT2D eigenvalue weighted by Gasteiger charge is 2.23. The van der Waals surface area contributed by atoms with E-state index in [0.717, 1.165) is 30.5 Å². The average Bonchev–Trinajstić information content (AvgIpc) is 3.00. The van der Waals surface area contributed by atoms with Crippen LogP contribution in [0.3, 0.4) is 0 Å². The smallest absolute Gasteiger partial charge is 0.335 e. The lowest BCUT2D eigenvalue weighted by molar-refractivity contribution is -0.115. The molecule has 0 aliphatic carbocycles. The number of azo groups is 1. The first-order valence-corrected chi connectivity index (χ1v) is 16.3. The molecule has 0 saturated heterocycles. The summed E-state index contributed by atoms with van der Waals surface area (Å²) < 4.78 is 53.1. The van der Waals surface area contributed by atoms with Crippen LogP contribution in [0.25, 0.3) is 10.8 Å². The number of carboxylic acids is 2. The lowest BCUT2D eigenvalue weighted by atomic mass is 10.0. The molecule has 4 aromatic rings. The Morgan fingerprint density at radius 1 is 0.848 bits per heavy atom. The minimum Gasteiger partial charge on any atom is -0.505 e. The standard InChI is InChI=1S/C29H23N5O10S2/c1-3-25(35)31-24-13-23(33-32-21-8-7-18(45(2,41)42)12-17(21)14-30)26-20(27(24)36)5-4-6-22(26)34-46(43,44)19-10-15(28(37)38)9-16(11-19)29(39)40/h4-13,34,36H,3H2,1-2H3,(H,31,35)(H,37,38)(H,39,40). The number of phenols is 1. The number of sulfone groups is 1. The Kier molecular flexibility index (Phi) is 9.07. The number of rotatable bonds is 10. The summed E-state index contributed by atoms with van der Waals surface area (Å²) >= 11 is 0. The molecule has 4 aromatic carbocycles. The summed E-state index contributed by atoms with van der Waals surface area (Å²) in [6.45, 7) is 1.57. The predicted molar refractivity (Wildman–Crippen MR) is 164 cm³/mol. The molecule has 17 heteroatoms. The third kappa shape index (κ3) is 6.93. The third-order valence-corrected chi connectivity index (χ3v) is 8.90. The maximum absolute atomic E-state index is 13.5. The molecule has 5 N–H and O–H groups in total. The molecule has 0 saturated carbocycles. The van der Waals surface area contributed by atoms with E-state index in [-0.39, 0.29) is 50.4 Å². The largest absolute Gasteiger partial charge is 0.505 e. The van der Waals surface area contributed by atoms with Crippen LogP contribution in [-0.2, 0) is 24.7 Å². The molecule has 0 heterocycles. The van der Waals surface area contributed by atoms with Gasteiger partial charge in [0.15, 0.2) is 9.84 Å². The van der Waals surface area contributed by atoms with E-state index in [1.165, 1.54) is 36.4 Å². The highest BCUT2D eigenvalue weighted by atomic mass is 32.2. The fourth-order valence-electron chi connectivity index (χ4n) is 4.18. The van der Waals surface area contributed by atoms with Crippen LogP contribution in [0.4, 0.5) is 22.7 Å². The number of fused-ring (bicyclic) bond motifs is 1. The fourth-order valence-corrected chi connectivity index (χ4v) is 5.97. The van der Waals surface area contributed by atoms with Crippen molar-refractivity contribution in [2.24, 2.45) is 10.2 Å². The van der Waals surface area contributed by atoms with Gasteiger partial charge in [-0.3, -0.25) is 9.52 Å². The van der Waals surface area contributed by atoms with Gasteiger partial charge in [0.2, 0.25) is 5.91 Å². The number of phenolic OH excluding ortho intramolecular Hbond substituents is 1. The van der Waals surface area contributed by atoms with E-state index in [9.17, 15) is 51.8 Å². The predicted octanol–water partition coefficient (Wildman–Crippen LogP) is 4.78. The maximum Gasteiger partial charge on any atom is 0.335 e. The number of hydrogen-bond acceptors (Lipinski definition) is 11. The summed E-state index contributed by atoms with van der Waals surface area (Å²) in [7, 11) is -8.33. The fraction of sp³-hybridized carbons (Fsp3) is 0.103. The van der Waals surface area contributed by atoms with Crippen LogP contribution in [0.15, 0.2) is 80.7 Å². The first-order valence-electron chi connectivity index (χ1n) is 12.9. The van der Waals surface area contributed by atoms with Gasteiger partial charge >= 0.3 is 11.9 Å². The molecule has 4 rings (SSSR count). The summed E-state index contributed by atoms with van der Waals surface area (Å²) in [5, 5.41) is 50.1. The van der Waals surface area contributed by atoms with Crippen LogP contribution in [-0.4, -0.2) is 56.3 Å². The van der Waals surface area contributed by atoms with Crippen LogP contribution in [0, 0.1) is 11.3 Å². The highest BCUT2D eigenvalue weighted by molar-refractivity contribution is 7.92. The number of aromatic hydroxyl groups is 1. The Labute approximate surface area is 261 Å². The number of sulfonamides is 1. The molecule has 0 atom stereocenters. The monoisotopic (exact) mass is 665 g/mol. The number of benzene rings is 4. The van der Waals surface area contributed by atoms with Gasteiger partial charge < -0.3 is 20.6 Å². The molecular weight excluding hydrogens is 642 g/mol. The SMILES string of the molecule is CCC(=O)Nc1cc(N=Nc2ccc(S(C)(=O)=O)cc2C#N)c2c(NS(=O)(=O)c3cc(C(=O)O)cc(C(=O)O)c3)cccc2c1O. The van der Waals surface area contributed by atoms with Gasteiger partial charge in [-0.05, 0) is 48.5 Å². The van der Waals surface area contributed by atoms with Crippen molar-refractivity contribution >= 4 is 71.2 Å². The zero-order valence-electron chi connectivity index (χ0n) is 23.8. The van der Waals surface area contributed by atoms with Crippen LogP contribution in [0.5, 0.6) is 5.75 Å². The number of nitrogens with zero attached hydrogens (tertiary/aromatic N) is 3. The number of nitriles is 1. The van der Waals surface area contributed by atoms with Crippen LogP contribution in [0.1, 0.15) is 39.6 Å². The van der Waals surface area contributed by atoms with Gasteiger partial charge in [-0.15, -0.1) is 10.2 Å². The van der Waals surface area contributed by atoms with Gasteiger partial charge in [0, 0.05) is 23.4 Å². The number of nitrogens with one attached hydrogen (secondary N) is 2. The number of hydrogen-bond donors (Lipinski definition) is 5. The van der Waals surface area contributed by atoms with E-state index >= 15 is 0 Å². The molecule has 236 valence electrons. The van der Waals surface area contributed by atoms with Crippen molar-refractivity contribution in [1.82, 2.24) is 0 Å². The first kappa shape index (κ1) is 33.0. The van der Waals surface area contributed by atoms with Crippen LogP contribution < -0.4 is 10.0 Å². The molecule has 0 radical (unpaired) electrons. The maximum atomic E-state index is 13.5. The number of carbonyl (C=O) groups is 3. The molecule has 1 amide bonds. The molecule has 0 fully saturated rings. The Balaban J connectivity index is 1.94. The summed E-state index contributed by atoms with van der Waals surface area (Å²) in [6.07, 6.45) is 1.00. The third-order valence-electron chi connectivity index (χ3n) is 6.44. The average molecular weight is 666 g/mol. The Morgan fingerprint density at radius 2 is 1.48 bits per heavy atom. The Hall–Kier alpha value is -5.86. The lowest BCUT2D eigenvalue weighted by Gasteiger charge is -2.16. The first-order chi connectivity index (χ1) is 21.5. The van der Waals surface area contributed by atoms with Gasteiger partial charge in [-0.1, -0.05) is 19.1 Å². The highest BCUT2D eigenvalue weighted by Crippen LogP contribution is 2.44. The molecule has 15 nitrogen and oxygen atoms in total. The van der Waals surface area contributed by atoms with Crippen LogP contribution >= 0.6 is 0 Å². The van der Waals surface area contributed by atoms with Gasteiger partial charge in [0.25, 0.3) is 10.0 Å². The van der Waals surface area contributed by atoms with E-state index in [1.54, 1.807) is 6.92 Å². The minimum absolute atomic E-state index is 0.0125. The Bertz CT molecular complexity index is 2210. The van der Waals surface area contributed by atoms with Crippen molar-refractivity contribution in [3.8, 4) is 11.8 Å². The van der Waals surface area contributed by atoms with Crippen molar-refractivity contribution in [2.75, 3.05) is 16.3 Å². The van der Waals surface area contributed by atoms with Crippen molar-refractivity contribution in [1.29, 1.82) is 5.26 Å². The summed E-state index contributed by atoms with van der Waals surface area (Å²) in [4.78, 5) is 34.5. The zero-order valence-corrected chi connectivity index (χ0v) is 25.5. The van der Waals surface area contributed by atoms with Crippen molar-refractivity contribution < 1.29 is 46.5 Å². The zero-order chi connectivity index (χ0) is 34.0. The molecule has 0 aliphatic heterocycles. The van der Waals surface area contributed by atoms with Gasteiger partial charge in [-0.2, -0.15) is 5.26 Å². The number of carboxylic acid groups (broad SMARTS) is 2. The van der Waals surface area contributed by atoms with E-state index in [2.05, 4.69) is 20.3 Å². The minimum atomic E-state index is -4.68.